The molecule has 0 saturated heterocycles. The topological polar surface area (TPSA) is 37.3 Å². The molecule has 2 nitrogen and oxygen atoms in total. The summed E-state index contributed by atoms with van der Waals surface area (Å²) in [5.74, 6) is -0.687. The molecule has 0 radical (unpaired) electrons. The van der Waals surface area contributed by atoms with Crippen molar-refractivity contribution in [2.24, 2.45) is 0 Å². The van der Waals surface area contributed by atoms with Gasteiger partial charge in [0.2, 0.25) is 0 Å². The summed E-state index contributed by atoms with van der Waals surface area (Å²) in [6.07, 6.45) is 6.64. The van der Waals surface area contributed by atoms with E-state index in [1.165, 1.54) is 39.9 Å². The Morgan fingerprint density at radius 2 is 1.60 bits per heavy atom. The minimum atomic E-state index is -0.687. The number of unbranched alkanes of at least 4 members (excludes halogenated alkanes) is 4. The number of carboxylic acids is 1. The van der Waals surface area contributed by atoms with Gasteiger partial charge in [-0.3, -0.25) is 4.79 Å². The highest BCUT2D eigenvalue weighted by Gasteiger charge is 2.18. The van der Waals surface area contributed by atoms with Crippen LogP contribution in [0.15, 0.2) is 0 Å². The lowest BCUT2D eigenvalue weighted by atomic mass is 10.1. The van der Waals surface area contributed by atoms with Gasteiger partial charge in [0, 0.05) is 0 Å². The Labute approximate surface area is 156 Å². The number of carboxylic acid groups (broad SMARTS) is 1. The molecule has 0 spiro atoms. The highest BCUT2D eigenvalue weighted by Crippen LogP contribution is 2.58. The normalized spacial score (nSPS) is 12.5. The van der Waals surface area contributed by atoms with E-state index >= 15 is 0 Å². The molecule has 0 aliphatic carbocycles. The molecule has 0 bridgehead atoms. The first kappa shape index (κ1) is 22.6. The fraction of sp³-hybridized carbons (Fsp3) is 0.889. The smallest absolute Gasteiger partial charge is 0.317 e. The third-order valence-electron chi connectivity index (χ3n) is 2.17. The van der Waals surface area contributed by atoms with E-state index in [0.29, 0.717) is 0 Å². The zero-order valence-electron chi connectivity index (χ0n) is 10.9. The molecule has 0 saturated carbocycles. The van der Waals surface area contributed by atoms with Crippen LogP contribution in [0.1, 0.15) is 45.4 Å². The predicted molar refractivity (Wildman–Crippen MR) is 115 cm³/mol. The maximum atomic E-state index is 11.2. The molecule has 1 N–H and O–H groups in total. The molecule has 0 fully saturated rings. The van der Waals surface area contributed by atoms with E-state index in [4.69, 9.17) is 0 Å². The standard InChI is InChI=1S/C9H18O2S9/c1-2-3-4-5-6-7-8(9(10)11)13-15-17-19-20-18-16-14-12/h8,12H,2-7H2,1H3,(H,10,11). The van der Waals surface area contributed by atoms with Gasteiger partial charge in [0.25, 0.3) is 0 Å². The molecule has 0 heterocycles. The Bertz CT molecular complexity index is 231. The molecule has 0 aromatic heterocycles. The summed E-state index contributed by atoms with van der Waals surface area (Å²) in [6.45, 7) is 2.19. The molecular weight excluding hydrogens is 429 g/mol. The van der Waals surface area contributed by atoms with Crippen LogP contribution >= 0.6 is 91.2 Å². The number of hydrogen-bond acceptors (Lipinski definition) is 10. The van der Waals surface area contributed by atoms with E-state index in [1.54, 1.807) is 59.0 Å². The monoisotopic (exact) mass is 446 g/mol. The Hall–Kier alpha value is 2.62. The van der Waals surface area contributed by atoms with E-state index in [1.807, 2.05) is 0 Å². The average molecular weight is 447 g/mol. The van der Waals surface area contributed by atoms with Crippen LogP contribution in [0.2, 0.25) is 0 Å². The van der Waals surface area contributed by atoms with Gasteiger partial charge in [0.05, 0.1) is 0 Å². The first-order valence-electron chi connectivity index (χ1n) is 5.92. The highest BCUT2D eigenvalue weighted by molar-refractivity contribution is 9.50. The Kier molecular flexibility index (Phi) is 20.3. The molecule has 1 unspecified atom stereocenters. The summed E-state index contributed by atoms with van der Waals surface area (Å²) in [4.78, 5) is 11.2. The summed E-state index contributed by atoms with van der Waals surface area (Å²) < 4.78 is 0. The molecule has 11 heteroatoms. The Balaban J connectivity index is 3.52. The lowest BCUT2D eigenvalue weighted by molar-refractivity contribution is -0.136. The molecule has 20 heavy (non-hydrogen) atoms. The van der Waals surface area contributed by atoms with Gasteiger partial charge in [0.15, 0.2) is 0 Å². The number of rotatable bonds is 15. The average Bonchev–Trinajstić information content (AvgIpc) is 2.43. The van der Waals surface area contributed by atoms with Crippen molar-refractivity contribution in [3.63, 3.8) is 0 Å². The van der Waals surface area contributed by atoms with Crippen LogP contribution < -0.4 is 0 Å². The second-order valence-corrected chi connectivity index (χ2v) is 17.5. The summed E-state index contributed by atoms with van der Waals surface area (Å²) in [7, 11) is 12.7. The van der Waals surface area contributed by atoms with Crippen LogP contribution in [-0.2, 0) is 4.79 Å². The number of aliphatic carboxylic acids is 1. The lowest BCUT2D eigenvalue weighted by Crippen LogP contribution is -2.14. The quantitative estimate of drug-likeness (QED) is 0.147. The van der Waals surface area contributed by atoms with E-state index in [2.05, 4.69) is 18.6 Å². The SMILES string of the molecule is CCCCCCCC(SSSSSSSSS)C(=O)O. The Morgan fingerprint density at radius 3 is 2.20 bits per heavy atom. The van der Waals surface area contributed by atoms with Crippen molar-refractivity contribution >= 4 is 97.2 Å². The number of carbonyl (C=O) groups is 1. The minimum Gasteiger partial charge on any atom is -0.480 e. The predicted octanol–water partition coefficient (Wildman–Crippen LogP) is 7.92. The molecule has 120 valence electrons. The first-order chi connectivity index (χ1) is 9.72. The molecule has 1 atom stereocenters. The van der Waals surface area contributed by atoms with E-state index in [9.17, 15) is 9.90 Å². The number of hydrogen-bond donors (Lipinski definition) is 2. The molecule has 0 rings (SSSR count). The van der Waals surface area contributed by atoms with Crippen LogP contribution in [0.3, 0.4) is 0 Å². The summed E-state index contributed by atoms with van der Waals surface area (Å²) in [6, 6.07) is 0. The van der Waals surface area contributed by atoms with Gasteiger partial charge in [-0.15, -0.1) is 0 Å². The molecule has 0 aliphatic rings. The summed E-state index contributed by atoms with van der Waals surface area (Å²) in [5, 5.41) is 8.89. The molecule has 0 aliphatic heterocycles. The largest absolute Gasteiger partial charge is 0.480 e. The van der Waals surface area contributed by atoms with Crippen molar-refractivity contribution in [2.45, 2.75) is 50.7 Å². The Morgan fingerprint density at radius 1 is 1.00 bits per heavy atom. The van der Waals surface area contributed by atoms with Crippen molar-refractivity contribution in [1.82, 2.24) is 0 Å². The zero-order chi connectivity index (χ0) is 15.1. The lowest BCUT2D eigenvalue weighted by Gasteiger charge is -2.10. The third-order valence-corrected chi connectivity index (χ3v) is 18.1. The fourth-order valence-corrected chi connectivity index (χ4v) is 18.6. The number of thiol groups is 1. The van der Waals surface area contributed by atoms with Gasteiger partial charge in [-0.05, 0) is 75.2 Å². The van der Waals surface area contributed by atoms with Crippen LogP contribution in [0.25, 0.3) is 0 Å². The van der Waals surface area contributed by atoms with Gasteiger partial charge in [-0.1, -0.05) is 61.5 Å². The zero-order valence-corrected chi connectivity index (χ0v) is 18.3. The fourth-order valence-electron chi connectivity index (χ4n) is 1.27. The first-order valence-corrected chi connectivity index (χ1v) is 17.2. The third kappa shape index (κ3) is 15.5. The van der Waals surface area contributed by atoms with Crippen molar-refractivity contribution < 1.29 is 9.90 Å². The van der Waals surface area contributed by atoms with Gasteiger partial charge < -0.3 is 5.11 Å². The second-order valence-electron chi connectivity index (χ2n) is 3.61. The van der Waals surface area contributed by atoms with E-state index in [0.717, 1.165) is 19.3 Å². The summed E-state index contributed by atoms with van der Waals surface area (Å²) >= 11 is 4.02. The van der Waals surface area contributed by atoms with Gasteiger partial charge in [-0.25, -0.2) is 0 Å². The molecule has 0 aromatic carbocycles. The van der Waals surface area contributed by atoms with Crippen LogP contribution in [0.5, 0.6) is 0 Å². The van der Waals surface area contributed by atoms with Crippen molar-refractivity contribution in [3.05, 3.63) is 0 Å². The summed E-state index contributed by atoms with van der Waals surface area (Å²) in [5.41, 5.74) is 0. The van der Waals surface area contributed by atoms with Crippen LogP contribution in [0, 0.1) is 0 Å². The minimum absolute atomic E-state index is 0.283. The van der Waals surface area contributed by atoms with Crippen LogP contribution in [0.4, 0.5) is 0 Å². The van der Waals surface area contributed by atoms with Gasteiger partial charge in [-0.2, -0.15) is 0 Å². The van der Waals surface area contributed by atoms with Gasteiger partial charge in [0.1, 0.15) is 5.25 Å². The van der Waals surface area contributed by atoms with E-state index in [-0.39, 0.29) is 5.25 Å². The highest BCUT2D eigenvalue weighted by atomic mass is 34.0. The molecule has 0 amide bonds. The maximum Gasteiger partial charge on any atom is 0.317 e. The second kappa shape index (κ2) is 18.0. The maximum absolute atomic E-state index is 11.2. The van der Waals surface area contributed by atoms with Crippen molar-refractivity contribution in [1.29, 1.82) is 0 Å². The van der Waals surface area contributed by atoms with Crippen molar-refractivity contribution in [3.8, 4) is 0 Å². The molecular formula is C9H18O2S9. The van der Waals surface area contributed by atoms with Gasteiger partial charge >= 0.3 is 5.97 Å². The van der Waals surface area contributed by atoms with E-state index < -0.39 is 5.97 Å². The van der Waals surface area contributed by atoms with Crippen LogP contribution in [-0.4, -0.2) is 16.3 Å². The molecule has 0 aromatic rings. The van der Waals surface area contributed by atoms with Crippen molar-refractivity contribution in [2.75, 3.05) is 0 Å².